The van der Waals surface area contributed by atoms with Crippen molar-refractivity contribution in [2.75, 3.05) is 0 Å². The van der Waals surface area contributed by atoms with Crippen molar-refractivity contribution in [2.24, 2.45) is 5.41 Å². The molecule has 6 heteroatoms. The van der Waals surface area contributed by atoms with E-state index in [1.165, 1.54) is 12.1 Å². The molecule has 2 aromatic carbocycles. The largest absolute Gasteiger partial charge is 0.480 e. The fraction of sp³-hybridized carbons (Fsp3) is 0.167. The van der Waals surface area contributed by atoms with Gasteiger partial charge in [0, 0.05) is 12.0 Å². The minimum atomic E-state index is -2.28. The molecule has 2 aromatic rings. The molecule has 5 nitrogen and oxygen atoms in total. The Kier molecular flexibility index (Phi) is 5.08. The first kappa shape index (κ1) is 17.3. The number of hydrogen-bond acceptors (Lipinski definition) is 3. The Hall–Kier alpha value is -3.02. The normalized spacial score (nSPS) is 11.0. The molecule has 2 rings (SSSR count). The number of hydrogen-bond donors (Lipinski definition) is 2. The van der Waals surface area contributed by atoms with Crippen molar-refractivity contribution < 1.29 is 29.0 Å². The lowest BCUT2D eigenvalue weighted by atomic mass is 9.76. The lowest BCUT2D eigenvalue weighted by Crippen LogP contribution is -2.43. The van der Waals surface area contributed by atoms with Gasteiger partial charge in [-0.05, 0) is 36.2 Å². The Labute approximate surface area is 137 Å². The van der Waals surface area contributed by atoms with Crippen LogP contribution in [0.4, 0.5) is 4.39 Å². The minimum Gasteiger partial charge on any atom is -0.480 e. The van der Waals surface area contributed by atoms with Gasteiger partial charge in [0.05, 0.1) is 0 Å². The van der Waals surface area contributed by atoms with Gasteiger partial charge >= 0.3 is 11.9 Å². The highest BCUT2D eigenvalue weighted by molar-refractivity contribution is 6.06. The third-order valence-corrected chi connectivity index (χ3v) is 3.80. The van der Waals surface area contributed by atoms with Gasteiger partial charge in [0.25, 0.3) is 0 Å². The summed E-state index contributed by atoms with van der Waals surface area (Å²) in [5.41, 5.74) is -1.72. The van der Waals surface area contributed by atoms with Crippen LogP contribution in [0.2, 0.25) is 0 Å². The number of halogens is 1. The third-order valence-electron chi connectivity index (χ3n) is 3.80. The van der Waals surface area contributed by atoms with Crippen molar-refractivity contribution in [3.05, 3.63) is 71.5 Å². The van der Waals surface area contributed by atoms with Crippen molar-refractivity contribution >= 4 is 17.7 Å². The highest BCUT2D eigenvalue weighted by Gasteiger charge is 2.48. The van der Waals surface area contributed by atoms with E-state index in [0.29, 0.717) is 5.56 Å². The predicted molar refractivity (Wildman–Crippen MR) is 83.2 cm³/mol. The fourth-order valence-corrected chi connectivity index (χ4v) is 2.41. The smallest absolute Gasteiger partial charge is 0.321 e. The summed E-state index contributed by atoms with van der Waals surface area (Å²) < 4.78 is 12.9. The molecule has 0 radical (unpaired) electrons. The van der Waals surface area contributed by atoms with Crippen molar-refractivity contribution in [3.8, 4) is 0 Å². The average Bonchev–Trinajstić information content (AvgIpc) is 2.55. The third kappa shape index (κ3) is 3.65. The maximum absolute atomic E-state index is 12.9. The average molecular weight is 330 g/mol. The van der Waals surface area contributed by atoms with Crippen LogP contribution in [-0.4, -0.2) is 27.9 Å². The molecule has 0 saturated carbocycles. The first-order valence-electron chi connectivity index (χ1n) is 7.14. The van der Waals surface area contributed by atoms with Gasteiger partial charge in [0.2, 0.25) is 0 Å². The number of ketones is 1. The van der Waals surface area contributed by atoms with Crippen LogP contribution in [0.5, 0.6) is 0 Å². The first-order valence-corrected chi connectivity index (χ1v) is 7.14. The van der Waals surface area contributed by atoms with E-state index in [1.54, 1.807) is 30.3 Å². The van der Waals surface area contributed by atoms with Gasteiger partial charge in [0.1, 0.15) is 5.82 Å². The van der Waals surface area contributed by atoms with Crippen molar-refractivity contribution in [2.45, 2.75) is 12.8 Å². The maximum Gasteiger partial charge on any atom is 0.321 e. The lowest BCUT2D eigenvalue weighted by molar-refractivity contribution is -0.164. The van der Waals surface area contributed by atoms with Crippen LogP contribution in [0.15, 0.2) is 54.6 Å². The number of carbonyl (C=O) groups excluding carboxylic acids is 1. The van der Waals surface area contributed by atoms with Crippen LogP contribution in [-0.2, 0) is 16.0 Å². The van der Waals surface area contributed by atoms with Gasteiger partial charge in [-0.1, -0.05) is 30.3 Å². The number of carboxylic acid groups (broad SMARTS) is 2. The molecular weight excluding hydrogens is 315 g/mol. The second kappa shape index (κ2) is 7.04. The van der Waals surface area contributed by atoms with E-state index in [-0.39, 0.29) is 12.0 Å². The summed E-state index contributed by atoms with van der Waals surface area (Å²) >= 11 is 0. The second-order valence-electron chi connectivity index (χ2n) is 5.46. The molecule has 24 heavy (non-hydrogen) atoms. The molecule has 0 spiro atoms. The maximum atomic E-state index is 12.9. The van der Waals surface area contributed by atoms with E-state index in [9.17, 15) is 29.0 Å². The Morgan fingerprint density at radius 3 is 1.92 bits per heavy atom. The van der Waals surface area contributed by atoms with E-state index in [4.69, 9.17) is 0 Å². The molecule has 0 heterocycles. The van der Waals surface area contributed by atoms with Crippen LogP contribution in [0.25, 0.3) is 0 Å². The Morgan fingerprint density at radius 2 is 1.42 bits per heavy atom. The second-order valence-corrected chi connectivity index (χ2v) is 5.46. The molecule has 2 N–H and O–H groups in total. The summed E-state index contributed by atoms with van der Waals surface area (Å²) in [6.07, 6.45) is -1.05. The quantitative estimate of drug-likeness (QED) is 0.601. The van der Waals surface area contributed by atoms with Gasteiger partial charge in [-0.2, -0.15) is 0 Å². The number of carbonyl (C=O) groups is 3. The molecule has 0 saturated heterocycles. The van der Waals surface area contributed by atoms with Gasteiger partial charge in [0.15, 0.2) is 11.2 Å². The van der Waals surface area contributed by atoms with Gasteiger partial charge in [-0.15, -0.1) is 0 Å². The number of aliphatic carboxylic acids is 2. The van der Waals surface area contributed by atoms with Crippen LogP contribution >= 0.6 is 0 Å². The van der Waals surface area contributed by atoms with E-state index in [1.807, 2.05) is 0 Å². The van der Waals surface area contributed by atoms with Crippen molar-refractivity contribution in [1.82, 2.24) is 0 Å². The lowest BCUT2D eigenvalue weighted by Gasteiger charge is -2.24. The Morgan fingerprint density at radius 1 is 0.875 bits per heavy atom. The Balaban J connectivity index is 2.35. The van der Waals surface area contributed by atoms with Crippen LogP contribution in [0, 0.1) is 11.2 Å². The molecule has 0 amide bonds. The zero-order valence-electron chi connectivity index (χ0n) is 12.6. The molecule has 0 atom stereocenters. The van der Waals surface area contributed by atoms with Crippen LogP contribution in [0.3, 0.4) is 0 Å². The zero-order chi connectivity index (χ0) is 17.7. The first-order chi connectivity index (χ1) is 11.3. The van der Waals surface area contributed by atoms with Gasteiger partial charge in [-0.3, -0.25) is 14.4 Å². The zero-order valence-corrected chi connectivity index (χ0v) is 12.6. The van der Waals surface area contributed by atoms with Gasteiger partial charge < -0.3 is 10.2 Å². The SMILES string of the molecule is O=C(CC(Cc1ccccc1)(C(=O)O)C(=O)O)c1ccc(F)cc1. The van der Waals surface area contributed by atoms with Crippen LogP contribution in [0.1, 0.15) is 22.3 Å². The van der Waals surface area contributed by atoms with E-state index in [0.717, 1.165) is 12.1 Å². The summed E-state index contributed by atoms with van der Waals surface area (Å²) in [6, 6.07) is 12.8. The molecule has 0 fully saturated rings. The highest BCUT2D eigenvalue weighted by atomic mass is 19.1. The summed E-state index contributed by atoms with van der Waals surface area (Å²) in [6.45, 7) is 0. The van der Waals surface area contributed by atoms with Gasteiger partial charge in [-0.25, -0.2) is 4.39 Å². The fourth-order valence-electron chi connectivity index (χ4n) is 2.41. The monoisotopic (exact) mass is 330 g/mol. The van der Waals surface area contributed by atoms with E-state index < -0.39 is 35.4 Å². The number of carboxylic acids is 2. The molecule has 0 aromatic heterocycles. The topological polar surface area (TPSA) is 91.7 Å². The van der Waals surface area contributed by atoms with E-state index in [2.05, 4.69) is 0 Å². The van der Waals surface area contributed by atoms with Crippen molar-refractivity contribution in [1.29, 1.82) is 0 Å². The summed E-state index contributed by atoms with van der Waals surface area (Å²) in [7, 11) is 0. The molecule has 124 valence electrons. The standard InChI is InChI=1S/C18H15FO5/c19-14-8-6-13(7-9-14)15(20)11-18(16(21)22,17(23)24)10-12-4-2-1-3-5-12/h1-9H,10-11H2,(H,21,22)(H,23,24). The minimum absolute atomic E-state index is 0.0661. The molecule has 0 aliphatic heterocycles. The summed E-state index contributed by atoms with van der Waals surface area (Å²) in [5.74, 6) is -4.39. The summed E-state index contributed by atoms with van der Waals surface area (Å²) in [4.78, 5) is 35.7. The van der Waals surface area contributed by atoms with E-state index >= 15 is 0 Å². The molecular formula is C18H15FO5. The number of benzene rings is 2. The molecule has 0 aliphatic carbocycles. The highest BCUT2D eigenvalue weighted by Crippen LogP contribution is 2.30. The molecule has 0 bridgehead atoms. The number of rotatable bonds is 7. The summed E-state index contributed by atoms with van der Waals surface area (Å²) in [5, 5.41) is 19.0. The van der Waals surface area contributed by atoms with Crippen LogP contribution < -0.4 is 0 Å². The Bertz CT molecular complexity index is 739. The van der Waals surface area contributed by atoms with Crippen molar-refractivity contribution in [3.63, 3.8) is 0 Å². The molecule has 0 aliphatic rings. The predicted octanol–water partition coefficient (Wildman–Crippen LogP) is 2.80. The number of Topliss-reactive ketones (excluding diaryl/α,β-unsaturated/α-hetero) is 1. The molecule has 0 unspecified atom stereocenters.